The molecule has 10 heavy (non-hydrogen) atoms. The highest BCUT2D eigenvalue weighted by Gasteiger charge is 2.40. The van der Waals surface area contributed by atoms with Crippen LogP contribution in [0, 0.1) is 5.41 Å². The molecular formula is C9H15N. The van der Waals surface area contributed by atoms with E-state index in [9.17, 15) is 0 Å². The lowest BCUT2D eigenvalue weighted by atomic mass is 9.60. The second-order valence-electron chi connectivity index (χ2n) is 3.63. The van der Waals surface area contributed by atoms with Crippen LogP contribution in [0.2, 0.25) is 0 Å². The maximum absolute atomic E-state index is 4.11. The van der Waals surface area contributed by atoms with Crippen molar-refractivity contribution in [3.8, 4) is 0 Å². The number of allylic oxidation sites excluding steroid dienone is 1. The van der Waals surface area contributed by atoms with Crippen molar-refractivity contribution in [2.24, 2.45) is 5.41 Å². The average Bonchev–Trinajstić information content (AvgIpc) is 2.04. The van der Waals surface area contributed by atoms with E-state index in [1.807, 2.05) is 0 Å². The van der Waals surface area contributed by atoms with Gasteiger partial charge >= 0.3 is 0 Å². The molecular weight excluding hydrogens is 122 g/mol. The number of piperidine rings is 1. The van der Waals surface area contributed by atoms with E-state index in [0.29, 0.717) is 5.41 Å². The molecule has 0 atom stereocenters. The summed E-state index contributed by atoms with van der Waals surface area (Å²) in [4.78, 5) is 0. The lowest BCUT2D eigenvalue weighted by Crippen LogP contribution is -2.42. The molecule has 0 unspecified atom stereocenters. The number of rotatable bonds is 0. The highest BCUT2D eigenvalue weighted by molar-refractivity contribution is 5.20. The van der Waals surface area contributed by atoms with E-state index >= 15 is 0 Å². The van der Waals surface area contributed by atoms with Gasteiger partial charge < -0.3 is 5.32 Å². The van der Waals surface area contributed by atoms with Gasteiger partial charge in [0.15, 0.2) is 0 Å². The maximum atomic E-state index is 4.11. The zero-order valence-corrected chi connectivity index (χ0v) is 6.45. The summed E-state index contributed by atoms with van der Waals surface area (Å²) in [6.07, 6.45) is 5.38. The SMILES string of the molecule is C=C1CCC12CCNCC2. The van der Waals surface area contributed by atoms with Crippen molar-refractivity contribution in [3.63, 3.8) is 0 Å². The zero-order chi connectivity index (χ0) is 7.03. The van der Waals surface area contributed by atoms with Crippen LogP contribution in [0.25, 0.3) is 0 Å². The van der Waals surface area contributed by atoms with Crippen LogP contribution in [0.5, 0.6) is 0 Å². The molecule has 0 aromatic heterocycles. The lowest BCUT2D eigenvalue weighted by molar-refractivity contribution is 0.172. The van der Waals surface area contributed by atoms with Gasteiger partial charge in [0.05, 0.1) is 0 Å². The van der Waals surface area contributed by atoms with E-state index in [1.54, 1.807) is 0 Å². The molecule has 1 heteroatoms. The van der Waals surface area contributed by atoms with Gasteiger partial charge in [-0.1, -0.05) is 12.2 Å². The van der Waals surface area contributed by atoms with Crippen molar-refractivity contribution in [2.75, 3.05) is 13.1 Å². The molecule has 0 radical (unpaired) electrons. The largest absolute Gasteiger partial charge is 0.317 e. The topological polar surface area (TPSA) is 12.0 Å². The Hall–Kier alpha value is -0.300. The second-order valence-corrected chi connectivity index (χ2v) is 3.63. The zero-order valence-electron chi connectivity index (χ0n) is 6.45. The standard InChI is InChI=1S/C9H15N/c1-8-2-3-9(8)4-6-10-7-5-9/h10H,1-7H2. The summed E-state index contributed by atoms with van der Waals surface area (Å²) in [6.45, 7) is 6.52. The molecule has 1 heterocycles. The summed E-state index contributed by atoms with van der Waals surface area (Å²) >= 11 is 0. The van der Waals surface area contributed by atoms with E-state index in [-0.39, 0.29) is 0 Å². The van der Waals surface area contributed by atoms with Crippen LogP contribution in [0.3, 0.4) is 0 Å². The molecule has 2 fully saturated rings. The molecule has 1 saturated carbocycles. The molecule has 1 N–H and O–H groups in total. The minimum atomic E-state index is 0.602. The average molecular weight is 137 g/mol. The third-order valence-electron chi connectivity index (χ3n) is 3.22. The van der Waals surface area contributed by atoms with Crippen molar-refractivity contribution in [1.82, 2.24) is 5.32 Å². The molecule has 2 aliphatic rings. The predicted octanol–water partition coefficient (Wildman–Crippen LogP) is 1.71. The molecule has 2 rings (SSSR count). The smallest absolute Gasteiger partial charge is 0.00405 e. The third-order valence-corrected chi connectivity index (χ3v) is 3.22. The number of hydrogen-bond acceptors (Lipinski definition) is 1. The molecule has 0 amide bonds. The summed E-state index contributed by atoms with van der Waals surface area (Å²) in [5.74, 6) is 0. The Balaban J connectivity index is 2.06. The van der Waals surface area contributed by atoms with Gasteiger partial charge in [-0.15, -0.1) is 0 Å². The second kappa shape index (κ2) is 2.09. The Morgan fingerprint density at radius 2 is 1.90 bits per heavy atom. The molecule has 1 spiro atoms. The minimum absolute atomic E-state index is 0.602. The summed E-state index contributed by atoms with van der Waals surface area (Å²) in [5, 5.41) is 3.39. The third kappa shape index (κ3) is 0.734. The molecule has 56 valence electrons. The summed E-state index contributed by atoms with van der Waals surface area (Å²) in [5.41, 5.74) is 2.12. The summed E-state index contributed by atoms with van der Waals surface area (Å²) in [6, 6.07) is 0. The fourth-order valence-corrected chi connectivity index (χ4v) is 2.16. The van der Waals surface area contributed by atoms with E-state index in [2.05, 4.69) is 11.9 Å². The minimum Gasteiger partial charge on any atom is -0.317 e. The van der Waals surface area contributed by atoms with Crippen LogP contribution in [-0.2, 0) is 0 Å². The van der Waals surface area contributed by atoms with Gasteiger partial charge in [-0.3, -0.25) is 0 Å². The molecule has 1 aliphatic heterocycles. The van der Waals surface area contributed by atoms with Crippen molar-refractivity contribution in [3.05, 3.63) is 12.2 Å². The highest BCUT2D eigenvalue weighted by Crippen LogP contribution is 2.51. The van der Waals surface area contributed by atoms with Crippen LogP contribution >= 0.6 is 0 Å². The van der Waals surface area contributed by atoms with Gasteiger partial charge in [0, 0.05) is 0 Å². The first kappa shape index (κ1) is 6.41. The fraction of sp³-hybridized carbons (Fsp3) is 0.778. The first-order valence-corrected chi connectivity index (χ1v) is 4.22. The number of hydrogen-bond donors (Lipinski definition) is 1. The molecule has 0 bridgehead atoms. The van der Waals surface area contributed by atoms with Crippen molar-refractivity contribution >= 4 is 0 Å². The maximum Gasteiger partial charge on any atom is -0.00405 e. The first-order chi connectivity index (χ1) is 4.83. The van der Waals surface area contributed by atoms with E-state index in [4.69, 9.17) is 0 Å². The molecule has 1 nitrogen and oxygen atoms in total. The Kier molecular flexibility index (Phi) is 1.34. The molecule has 1 aliphatic carbocycles. The van der Waals surface area contributed by atoms with Gasteiger partial charge in [-0.2, -0.15) is 0 Å². The molecule has 0 aromatic carbocycles. The Labute approximate surface area is 62.5 Å². The van der Waals surface area contributed by atoms with Gasteiger partial charge in [0.1, 0.15) is 0 Å². The van der Waals surface area contributed by atoms with Crippen molar-refractivity contribution < 1.29 is 0 Å². The monoisotopic (exact) mass is 137 g/mol. The Morgan fingerprint density at radius 1 is 1.20 bits per heavy atom. The quantitative estimate of drug-likeness (QED) is 0.501. The van der Waals surface area contributed by atoms with Crippen molar-refractivity contribution in [1.29, 1.82) is 0 Å². The van der Waals surface area contributed by atoms with Gasteiger partial charge in [0.2, 0.25) is 0 Å². The normalized spacial score (nSPS) is 30.2. The predicted molar refractivity (Wildman–Crippen MR) is 42.9 cm³/mol. The van der Waals surface area contributed by atoms with Crippen LogP contribution in [0.15, 0.2) is 12.2 Å². The molecule has 0 aromatic rings. The molecule has 1 saturated heterocycles. The van der Waals surface area contributed by atoms with E-state index in [0.717, 1.165) is 0 Å². The number of nitrogens with one attached hydrogen (secondary N) is 1. The van der Waals surface area contributed by atoms with Crippen LogP contribution in [0.1, 0.15) is 25.7 Å². The lowest BCUT2D eigenvalue weighted by Gasteiger charge is -2.47. The first-order valence-electron chi connectivity index (χ1n) is 4.22. The van der Waals surface area contributed by atoms with Crippen LogP contribution < -0.4 is 5.32 Å². The fourth-order valence-electron chi connectivity index (χ4n) is 2.16. The Morgan fingerprint density at radius 3 is 2.20 bits per heavy atom. The van der Waals surface area contributed by atoms with E-state index in [1.165, 1.54) is 44.3 Å². The van der Waals surface area contributed by atoms with Gasteiger partial charge in [-0.25, -0.2) is 0 Å². The van der Waals surface area contributed by atoms with Gasteiger partial charge in [-0.05, 0) is 44.2 Å². The summed E-state index contributed by atoms with van der Waals surface area (Å²) in [7, 11) is 0. The summed E-state index contributed by atoms with van der Waals surface area (Å²) < 4.78 is 0. The highest BCUT2D eigenvalue weighted by atomic mass is 14.9. The van der Waals surface area contributed by atoms with E-state index < -0.39 is 0 Å². The van der Waals surface area contributed by atoms with Crippen LogP contribution in [0.4, 0.5) is 0 Å². The van der Waals surface area contributed by atoms with Crippen molar-refractivity contribution in [2.45, 2.75) is 25.7 Å². The van der Waals surface area contributed by atoms with Crippen LogP contribution in [-0.4, -0.2) is 13.1 Å². The van der Waals surface area contributed by atoms with Gasteiger partial charge in [0.25, 0.3) is 0 Å². The Bertz CT molecular complexity index is 154.